The molecule has 0 radical (unpaired) electrons. The molecule has 2 aliphatic rings. The molecule has 2 fully saturated rings. The molecule has 0 aliphatic carbocycles. The highest BCUT2D eigenvalue weighted by molar-refractivity contribution is 5.94. The zero-order chi connectivity index (χ0) is 19.7. The number of fused-ring (bicyclic) bond motifs is 1. The minimum atomic E-state index is -0.184. The summed E-state index contributed by atoms with van der Waals surface area (Å²) in [5, 5.41) is 6.38. The van der Waals surface area contributed by atoms with Gasteiger partial charge in [-0.2, -0.15) is 0 Å². The van der Waals surface area contributed by atoms with Gasteiger partial charge < -0.3 is 20.1 Å². The molecule has 7 heteroatoms. The van der Waals surface area contributed by atoms with E-state index in [2.05, 4.69) is 41.4 Å². The summed E-state index contributed by atoms with van der Waals surface area (Å²) in [7, 11) is 0. The fourth-order valence-corrected chi connectivity index (χ4v) is 3.60. The molecule has 1 amide bonds. The summed E-state index contributed by atoms with van der Waals surface area (Å²) in [5.74, 6) is 0.457. The Hall–Kier alpha value is -2.51. The largest absolute Gasteiger partial charge is 0.371 e. The van der Waals surface area contributed by atoms with E-state index >= 15 is 0 Å². The number of carbonyl (C=O) groups excluding carboxylic acids is 1. The molecule has 0 spiro atoms. The second-order valence-corrected chi connectivity index (χ2v) is 8.31. The predicted octanol–water partition coefficient (Wildman–Crippen LogP) is 2.15. The summed E-state index contributed by atoms with van der Waals surface area (Å²) >= 11 is 0. The number of anilines is 1. The second-order valence-electron chi connectivity index (χ2n) is 8.31. The van der Waals surface area contributed by atoms with Gasteiger partial charge in [-0.3, -0.25) is 4.79 Å². The zero-order valence-corrected chi connectivity index (χ0v) is 16.4. The molecule has 2 N–H and O–H groups in total. The molecular formula is C21H26N4O3. The highest BCUT2D eigenvalue weighted by Crippen LogP contribution is 2.29. The van der Waals surface area contributed by atoms with E-state index in [1.165, 1.54) is 0 Å². The van der Waals surface area contributed by atoms with Crippen molar-refractivity contribution < 1.29 is 14.3 Å². The van der Waals surface area contributed by atoms with E-state index < -0.39 is 0 Å². The molecule has 2 aromatic rings. The molecule has 0 bridgehead atoms. The maximum absolute atomic E-state index is 12.4. The van der Waals surface area contributed by atoms with Crippen LogP contribution in [0, 0.1) is 0 Å². The SMILES string of the molecule is CC(C)(C)c1ccnc(N[C@@H]2CO[C@@H]3[C@@H]2OC[C@@H]3NC(=O)c2ccccc2)n1. The summed E-state index contributed by atoms with van der Waals surface area (Å²) < 4.78 is 11.9. The number of benzene rings is 1. The minimum absolute atomic E-state index is 0.0508. The number of nitrogens with zero attached hydrogens (tertiary/aromatic N) is 2. The monoisotopic (exact) mass is 382 g/mol. The lowest BCUT2D eigenvalue weighted by atomic mass is 9.92. The average Bonchev–Trinajstić information content (AvgIpc) is 3.26. The summed E-state index contributed by atoms with van der Waals surface area (Å²) in [6.45, 7) is 7.26. The fraction of sp³-hybridized carbons (Fsp3) is 0.476. The van der Waals surface area contributed by atoms with Crippen LogP contribution in [0.2, 0.25) is 0 Å². The lowest BCUT2D eigenvalue weighted by molar-refractivity contribution is 0.0652. The molecule has 3 heterocycles. The number of aromatic nitrogens is 2. The fourth-order valence-electron chi connectivity index (χ4n) is 3.60. The average molecular weight is 382 g/mol. The molecule has 2 aliphatic heterocycles. The number of carbonyl (C=O) groups is 1. The minimum Gasteiger partial charge on any atom is -0.371 e. The zero-order valence-electron chi connectivity index (χ0n) is 16.4. The smallest absolute Gasteiger partial charge is 0.251 e. The molecule has 28 heavy (non-hydrogen) atoms. The lowest BCUT2D eigenvalue weighted by Crippen LogP contribution is -2.44. The number of ether oxygens (including phenoxy) is 2. The quantitative estimate of drug-likeness (QED) is 0.843. The topological polar surface area (TPSA) is 85.4 Å². The Morgan fingerprint density at radius 3 is 2.43 bits per heavy atom. The van der Waals surface area contributed by atoms with Crippen LogP contribution in [0.1, 0.15) is 36.8 Å². The Bertz CT molecular complexity index is 837. The second kappa shape index (κ2) is 7.48. The normalized spacial score (nSPS) is 26.7. The van der Waals surface area contributed by atoms with Crippen molar-refractivity contribution >= 4 is 11.9 Å². The van der Waals surface area contributed by atoms with Gasteiger partial charge in [0, 0.05) is 17.2 Å². The molecule has 148 valence electrons. The van der Waals surface area contributed by atoms with E-state index in [-0.39, 0.29) is 35.6 Å². The summed E-state index contributed by atoms with van der Waals surface area (Å²) in [5.41, 5.74) is 1.55. The van der Waals surface area contributed by atoms with E-state index in [4.69, 9.17) is 9.47 Å². The maximum atomic E-state index is 12.4. The van der Waals surface area contributed by atoms with Crippen LogP contribution >= 0.6 is 0 Å². The molecular weight excluding hydrogens is 356 g/mol. The number of rotatable bonds is 4. The van der Waals surface area contributed by atoms with Crippen molar-refractivity contribution in [3.63, 3.8) is 0 Å². The highest BCUT2D eigenvalue weighted by Gasteiger charge is 2.48. The molecule has 4 rings (SSSR count). The van der Waals surface area contributed by atoms with Crippen LogP contribution < -0.4 is 10.6 Å². The molecule has 1 aromatic heterocycles. The van der Waals surface area contributed by atoms with Gasteiger partial charge in [-0.25, -0.2) is 9.97 Å². The van der Waals surface area contributed by atoms with Crippen molar-refractivity contribution in [1.29, 1.82) is 0 Å². The molecule has 7 nitrogen and oxygen atoms in total. The number of nitrogens with one attached hydrogen (secondary N) is 2. The summed E-state index contributed by atoms with van der Waals surface area (Å²) in [4.78, 5) is 21.4. The first-order chi connectivity index (χ1) is 13.4. The Morgan fingerprint density at radius 1 is 1.04 bits per heavy atom. The van der Waals surface area contributed by atoms with Crippen LogP contribution in [-0.2, 0) is 14.9 Å². The first-order valence-electron chi connectivity index (χ1n) is 9.61. The first kappa shape index (κ1) is 18.8. The Kier molecular flexibility index (Phi) is 5.03. The maximum Gasteiger partial charge on any atom is 0.251 e. The van der Waals surface area contributed by atoms with Crippen LogP contribution in [0.5, 0.6) is 0 Å². The van der Waals surface area contributed by atoms with Crippen molar-refractivity contribution in [1.82, 2.24) is 15.3 Å². The van der Waals surface area contributed by atoms with Gasteiger partial charge in [0.2, 0.25) is 5.95 Å². The van der Waals surface area contributed by atoms with Crippen LogP contribution in [0.25, 0.3) is 0 Å². The standard InChI is InChI=1S/C21H26N4O3/c1-21(2,3)16-9-10-22-20(25-16)24-15-12-28-17-14(11-27-18(15)17)23-19(26)13-7-5-4-6-8-13/h4-10,14-15,17-18H,11-12H2,1-3H3,(H,23,26)(H,22,24,25)/t14-,15+,17-,18+/m0/s1. The molecule has 2 saturated heterocycles. The predicted molar refractivity (Wildman–Crippen MR) is 105 cm³/mol. The summed E-state index contributed by atoms with van der Waals surface area (Å²) in [6, 6.07) is 10.9. The third kappa shape index (κ3) is 3.86. The Balaban J connectivity index is 1.40. The van der Waals surface area contributed by atoms with Crippen molar-refractivity contribution in [3.05, 3.63) is 53.9 Å². The molecule has 1 aromatic carbocycles. The van der Waals surface area contributed by atoms with E-state index in [9.17, 15) is 4.79 Å². The van der Waals surface area contributed by atoms with Gasteiger partial charge in [-0.15, -0.1) is 0 Å². The van der Waals surface area contributed by atoms with E-state index in [0.717, 1.165) is 5.69 Å². The van der Waals surface area contributed by atoms with Crippen molar-refractivity contribution in [3.8, 4) is 0 Å². The van der Waals surface area contributed by atoms with Gasteiger partial charge in [-0.1, -0.05) is 39.0 Å². The van der Waals surface area contributed by atoms with Crippen molar-refractivity contribution in [2.75, 3.05) is 18.5 Å². The number of hydrogen-bond acceptors (Lipinski definition) is 6. The van der Waals surface area contributed by atoms with E-state index in [1.54, 1.807) is 18.3 Å². The van der Waals surface area contributed by atoms with Gasteiger partial charge in [0.15, 0.2) is 0 Å². The van der Waals surface area contributed by atoms with Gasteiger partial charge >= 0.3 is 0 Å². The number of amides is 1. The van der Waals surface area contributed by atoms with Crippen LogP contribution in [0.15, 0.2) is 42.6 Å². The van der Waals surface area contributed by atoms with E-state index in [1.807, 2.05) is 24.3 Å². The van der Waals surface area contributed by atoms with E-state index in [0.29, 0.717) is 24.7 Å². The van der Waals surface area contributed by atoms with Gasteiger partial charge in [0.05, 0.1) is 31.0 Å². The third-order valence-corrected chi connectivity index (χ3v) is 5.14. The number of hydrogen-bond donors (Lipinski definition) is 2. The third-order valence-electron chi connectivity index (χ3n) is 5.14. The van der Waals surface area contributed by atoms with Gasteiger partial charge in [-0.05, 0) is 18.2 Å². The van der Waals surface area contributed by atoms with Crippen LogP contribution in [0.4, 0.5) is 5.95 Å². The van der Waals surface area contributed by atoms with Gasteiger partial charge in [0.25, 0.3) is 5.91 Å². The molecule has 0 saturated carbocycles. The lowest BCUT2D eigenvalue weighted by Gasteiger charge is -2.21. The molecule has 4 atom stereocenters. The van der Waals surface area contributed by atoms with Crippen molar-refractivity contribution in [2.24, 2.45) is 0 Å². The Morgan fingerprint density at radius 2 is 1.71 bits per heavy atom. The highest BCUT2D eigenvalue weighted by atomic mass is 16.6. The van der Waals surface area contributed by atoms with Gasteiger partial charge in [0.1, 0.15) is 12.2 Å². The van der Waals surface area contributed by atoms with Crippen molar-refractivity contribution in [2.45, 2.75) is 50.5 Å². The molecule has 0 unspecified atom stereocenters. The van der Waals surface area contributed by atoms with Crippen LogP contribution in [-0.4, -0.2) is 53.4 Å². The summed E-state index contributed by atoms with van der Waals surface area (Å²) in [6.07, 6.45) is 1.43. The first-order valence-corrected chi connectivity index (χ1v) is 9.61. The van der Waals surface area contributed by atoms with Crippen LogP contribution in [0.3, 0.4) is 0 Å². The Labute approximate surface area is 164 Å².